The molecule has 1 aromatic carbocycles. The number of carbonyl (C=O) groups excluding carboxylic acids is 2. The third kappa shape index (κ3) is 5.41. The maximum Gasteiger partial charge on any atom is 0.276 e. The predicted molar refractivity (Wildman–Crippen MR) is 104 cm³/mol. The highest BCUT2D eigenvalue weighted by molar-refractivity contribution is 5.95. The van der Waals surface area contributed by atoms with Gasteiger partial charge >= 0.3 is 0 Å². The third-order valence-electron chi connectivity index (χ3n) is 4.68. The van der Waals surface area contributed by atoms with Gasteiger partial charge in [-0.3, -0.25) is 9.59 Å². The molecule has 1 aliphatic rings. The summed E-state index contributed by atoms with van der Waals surface area (Å²) >= 11 is 0. The molecule has 3 rings (SSSR count). The second-order valence-electron chi connectivity index (χ2n) is 7.73. The van der Waals surface area contributed by atoms with Gasteiger partial charge in [0.05, 0.1) is 12.7 Å². The number of carbonyl (C=O) groups is 2. The van der Waals surface area contributed by atoms with E-state index in [2.05, 4.69) is 5.16 Å². The quantitative estimate of drug-likeness (QED) is 0.741. The van der Waals surface area contributed by atoms with Gasteiger partial charge in [0, 0.05) is 31.3 Å². The van der Waals surface area contributed by atoms with Gasteiger partial charge in [-0.1, -0.05) is 37.2 Å². The molecule has 29 heavy (non-hydrogen) atoms. The van der Waals surface area contributed by atoms with Gasteiger partial charge in [0.2, 0.25) is 5.91 Å². The van der Waals surface area contributed by atoms with E-state index < -0.39 is 6.10 Å². The second kappa shape index (κ2) is 9.17. The molecule has 156 valence electrons. The number of aromatic nitrogens is 1. The molecule has 0 radical (unpaired) electrons. The minimum Gasteiger partial charge on any atom is -0.370 e. The van der Waals surface area contributed by atoms with Crippen LogP contribution in [0.1, 0.15) is 35.7 Å². The van der Waals surface area contributed by atoms with Crippen molar-refractivity contribution in [2.75, 3.05) is 26.2 Å². The lowest BCUT2D eigenvalue weighted by Crippen LogP contribution is -2.40. The number of halogens is 1. The Morgan fingerprint density at radius 2 is 2.10 bits per heavy atom. The molecule has 0 bridgehead atoms. The molecule has 2 amide bonds. The van der Waals surface area contributed by atoms with Crippen molar-refractivity contribution >= 4 is 11.8 Å². The normalized spacial score (nSPS) is 17.7. The molecule has 1 fully saturated rings. The van der Waals surface area contributed by atoms with E-state index in [-0.39, 0.29) is 48.9 Å². The molecular weight excluding hydrogens is 377 g/mol. The predicted octanol–water partition coefficient (Wildman–Crippen LogP) is 2.65. The topological polar surface area (TPSA) is 75.9 Å². The number of amides is 2. The third-order valence-corrected chi connectivity index (χ3v) is 4.68. The van der Waals surface area contributed by atoms with Crippen molar-refractivity contribution in [3.05, 3.63) is 53.2 Å². The number of ether oxygens (including phenoxy) is 1. The number of benzene rings is 1. The Bertz CT molecular complexity index is 867. The Balaban J connectivity index is 1.77. The molecule has 2 aromatic rings. The minimum atomic E-state index is -0.447. The molecule has 1 saturated heterocycles. The molecule has 2 heterocycles. The van der Waals surface area contributed by atoms with Crippen LogP contribution in [0.2, 0.25) is 0 Å². The second-order valence-corrected chi connectivity index (χ2v) is 7.73. The first-order chi connectivity index (χ1) is 13.8. The lowest BCUT2D eigenvalue weighted by atomic mass is 10.2. The Labute approximate surface area is 169 Å². The van der Waals surface area contributed by atoms with Gasteiger partial charge in [-0.2, -0.15) is 0 Å². The van der Waals surface area contributed by atoms with E-state index in [1.54, 1.807) is 36.1 Å². The average Bonchev–Trinajstić information content (AvgIpc) is 3.04. The fourth-order valence-corrected chi connectivity index (χ4v) is 3.31. The van der Waals surface area contributed by atoms with Crippen LogP contribution in [-0.2, 0) is 16.1 Å². The van der Waals surface area contributed by atoms with Crippen LogP contribution in [-0.4, -0.2) is 59.1 Å². The summed E-state index contributed by atoms with van der Waals surface area (Å²) in [4.78, 5) is 28.7. The van der Waals surface area contributed by atoms with Gasteiger partial charge in [-0.15, -0.1) is 0 Å². The van der Waals surface area contributed by atoms with Crippen LogP contribution in [0.5, 0.6) is 0 Å². The SMILES string of the molecule is Cc1cc(C(=O)N2CC(=O)N(CC(C)C)CC(OCc3ccccc3F)C2)no1. The van der Waals surface area contributed by atoms with Gasteiger partial charge in [0.25, 0.3) is 5.91 Å². The largest absolute Gasteiger partial charge is 0.370 e. The average molecular weight is 403 g/mol. The maximum atomic E-state index is 13.9. The number of aryl methyl sites for hydroxylation is 1. The summed E-state index contributed by atoms with van der Waals surface area (Å²) in [5.41, 5.74) is 0.587. The number of hydrogen-bond acceptors (Lipinski definition) is 5. The van der Waals surface area contributed by atoms with E-state index in [9.17, 15) is 14.0 Å². The highest BCUT2D eigenvalue weighted by Gasteiger charge is 2.32. The first-order valence-electron chi connectivity index (χ1n) is 9.69. The van der Waals surface area contributed by atoms with Crippen LogP contribution in [0.25, 0.3) is 0 Å². The lowest BCUT2D eigenvalue weighted by molar-refractivity contribution is -0.132. The van der Waals surface area contributed by atoms with E-state index in [1.165, 1.54) is 11.0 Å². The van der Waals surface area contributed by atoms with Crippen molar-refractivity contribution in [2.24, 2.45) is 5.92 Å². The van der Waals surface area contributed by atoms with Crippen LogP contribution in [0, 0.1) is 18.7 Å². The zero-order valence-corrected chi connectivity index (χ0v) is 16.9. The molecule has 1 aromatic heterocycles. The van der Waals surface area contributed by atoms with Crippen LogP contribution < -0.4 is 0 Å². The van der Waals surface area contributed by atoms with Gasteiger partial charge in [-0.05, 0) is 18.9 Å². The van der Waals surface area contributed by atoms with Crippen LogP contribution in [0.4, 0.5) is 4.39 Å². The van der Waals surface area contributed by atoms with Crippen molar-refractivity contribution < 1.29 is 23.2 Å². The molecule has 1 aliphatic heterocycles. The fraction of sp³-hybridized carbons (Fsp3) is 0.476. The fourth-order valence-electron chi connectivity index (χ4n) is 3.31. The summed E-state index contributed by atoms with van der Waals surface area (Å²) < 4.78 is 24.9. The molecule has 0 N–H and O–H groups in total. The minimum absolute atomic E-state index is 0.0585. The molecule has 1 atom stereocenters. The summed E-state index contributed by atoms with van der Waals surface area (Å²) in [6.07, 6.45) is -0.447. The van der Waals surface area contributed by atoms with Gasteiger partial charge < -0.3 is 19.1 Å². The van der Waals surface area contributed by atoms with Crippen LogP contribution >= 0.6 is 0 Å². The first-order valence-corrected chi connectivity index (χ1v) is 9.69. The smallest absolute Gasteiger partial charge is 0.276 e. The van der Waals surface area contributed by atoms with Crippen molar-refractivity contribution in [1.29, 1.82) is 0 Å². The van der Waals surface area contributed by atoms with E-state index in [1.807, 2.05) is 13.8 Å². The highest BCUT2D eigenvalue weighted by Crippen LogP contribution is 2.16. The lowest BCUT2D eigenvalue weighted by Gasteiger charge is -2.26. The van der Waals surface area contributed by atoms with E-state index in [0.717, 1.165) is 0 Å². The van der Waals surface area contributed by atoms with Gasteiger partial charge in [0.1, 0.15) is 18.1 Å². The number of hydrogen-bond donors (Lipinski definition) is 0. The summed E-state index contributed by atoms with van der Waals surface area (Å²) in [6, 6.07) is 7.94. The standard InChI is InChI=1S/C21H26FN3O4/c1-14(2)9-24-10-17(28-13-16-6-4-5-7-18(16)22)11-25(12-20(24)26)21(27)19-8-15(3)29-23-19/h4-8,14,17H,9-13H2,1-3H3. The van der Waals surface area contributed by atoms with E-state index in [4.69, 9.17) is 9.26 Å². The molecule has 0 aliphatic carbocycles. The van der Waals surface area contributed by atoms with E-state index in [0.29, 0.717) is 24.4 Å². The molecule has 8 heteroatoms. The summed E-state index contributed by atoms with van der Waals surface area (Å²) in [5, 5.41) is 3.76. The van der Waals surface area contributed by atoms with Gasteiger partial charge in [-0.25, -0.2) is 4.39 Å². The Hall–Kier alpha value is -2.74. The molecular formula is C21H26FN3O4. The van der Waals surface area contributed by atoms with Crippen LogP contribution in [0.15, 0.2) is 34.9 Å². The zero-order valence-electron chi connectivity index (χ0n) is 16.9. The zero-order chi connectivity index (χ0) is 21.0. The summed E-state index contributed by atoms with van der Waals surface area (Å²) in [6.45, 7) is 6.85. The summed E-state index contributed by atoms with van der Waals surface area (Å²) in [7, 11) is 0. The van der Waals surface area contributed by atoms with Gasteiger partial charge in [0.15, 0.2) is 5.69 Å². The number of rotatable bonds is 6. The van der Waals surface area contributed by atoms with Crippen molar-refractivity contribution in [3.63, 3.8) is 0 Å². The van der Waals surface area contributed by atoms with Crippen molar-refractivity contribution in [1.82, 2.24) is 15.0 Å². The molecule has 7 nitrogen and oxygen atoms in total. The van der Waals surface area contributed by atoms with Crippen LogP contribution in [0.3, 0.4) is 0 Å². The van der Waals surface area contributed by atoms with E-state index >= 15 is 0 Å². The Morgan fingerprint density at radius 3 is 2.76 bits per heavy atom. The van der Waals surface area contributed by atoms with Crippen molar-refractivity contribution in [2.45, 2.75) is 33.5 Å². The molecule has 1 unspecified atom stereocenters. The monoisotopic (exact) mass is 403 g/mol. The Kier molecular flexibility index (Phi) is 6.64. The first kappa shape index (κ1) is 21.0. The maximum absolute atomic E-state index is 13.9. The number of nitrogens with zero attached hydrogens (tertiary/aromatic N) is 3. The Morgan fingerprint density at radius 1 is 1.34 bits per heavy atom. The molecule has 0 saturated carbocycles. The highest BCUT2D eigenvalue weighted by atomic mass is 19.1. The summed E-state index contributed by atoms with van der Waals surface area (Å²) in [5.74, 6) is -0.0949. The van der Waals surface area contributed by atoms with Crippen molar-refractivity contribution in [3.8, 4) is 0 Å². The molecule has 0 spiro atoms.